The zero-order chi connectivity index (χ0) is 25.6. The highest BCUT2D eigenvalue weighted by atomic mass is 127. The molecule has 7 nitrogen and oxygen atoms in total. The summed E-state index contributed by atoms with van der Waals surface area (Å²) in [5, 5.41) is -0.139. The summed E-state index contributed by atoms with van der Waals surface area (Å²) in [6.45, 7) is 10.7. The summed E-state index contributed by atoms with van der Waals surface area (Å²) in [5.41, 5.74) is 5.85. The first-order chi connectivity index (χ1) is 17.9. The van der Waals surface area contributed by atoms with Gasteiger partial charge in [0.25, 0.3) is 9.40 Å². The lowest BCUT2D eigenvalue weighted by Gasteiger charge is -2.28. The maximum Gasteiger partial charge on any atom is 0.259 e. The van der Waals surface area contributed by atoms with Gasteiger partial charge in [-0.05, 0) is 55.4 Å². The molecule has 2 aliphatic heterocycles. The molecule has 3 heterocycles. The zero-order valence-corrected chi connectivity index (χ0v) is 26.0. The summed E-state index contributed by atoms with van der Waals surface area (Å²) in [6, 6.07) is 11.2. The third kappa shape index (κ3) is 5.61. The third-order valence-electron chi connectivity index (χ3n) is 8.13. The van der Waals surface area contributed by atoms with Gasteiger partial charge in [-0.1, -0.05) is 13.8 Å². The molecule has 1 saturated carbocycles. The SMILES string of the molecule is CCC(C)c1cc(N2CCCN(S(=O)(=O)C3CC3)CC2)cc2[s+]c3cc(N4CCOCC4)ccc3nc12.[I-]. The topological polar surface area (TPSA) is 66.0 Å². The highest BCUT2D eigenvalue weighted by Crippen LogP contribution is 2.38. The molecule has 0 N–H and O–H groups in total. The lowest BCUT2D eigenvalue weighted by atomic mass is 9.96. The number of benzene rings is 2. The fourth-order valence-electron chi connectivity index (χ4n) is 5.51. The maximum absolute atomic E-state index is 12.9. The fraction of sp³-hybridized carbons (Fsp3) is 0.571. The fourth-order valence-corrected chi connectivity index (χ4v) is 8.45. The Morgan fingerprint density at radius 3 is 2.45 bits per heavy atom. The molecule has 206 valence electrons. The number of sulfonamides is 1. The van der Waals surface area contributed by atoms with Crippen LogP contribution in [0.25, 0.3) is 20.4 Å². The molecular formula is C28H37IN4O3S2. The number of hydrogen-bond acceptors (Lipinski definition) is 6. The summed E-state index contributed by atoms with van der Waals surface area (Å²) < 4.78 is 35.4. The molecule has 2 aromatic carbocycles. The highest BCUT2D eigenvalue weighted by Gasteiger charge is 2.40. The van der Waals surface area contributed by atoms with Crippen molar-refractivity contribution in [2.24, 2.45) is 0 Å². The predicted octanol–water partition coefficient (Wildman–Crippen LogP) is 2.09. The van der Waals surface area contributed by atoms with Crippen LogP contribution in [0.1, 0.15) is 51.0 Å². The average molecular weight is 669 g/mol. The molecule has 3 aromatic rings. The van der Waals surface area contributed by atoms with Gasteiger partial charge in [0.1, 0.15) is 11.0 Å². The lowest BCUT2D eigenvalue weighted by molar-refractivity contribution is -0.0000107. The summed E-state index contributed by atoms with van der Waals surface area (Å²) in [4.78, 5) is 9.94. The summed E-state index contributed by atoms with van der Waals surface area (Å²) in [5.74, 6) is 0.394. The van der Waals surface area contributed by atoms with Crippen LogP contribution in [-0.2, 0) is 14.8 Å². The number of rotatable bonds is 6. The lowest BCUT2D eigenvalue weighted by Crippen LogP contribution is -3.00. The molecule has 0 spiro atoms. The summed E-state index contributed by atoms with van der Waals surface area (Å²) in [6.07, 6.45) is 3.54. The highest BCUT2D eigenvalue weighted by molar-refractivity contribution is 7.90. The quantitative estimate of drug-likeness (QED) is 0.228. The van der Waals surface area contributed by atoms with E-state index in [4.69, 9.17) is 9.72 Å². The van der Waals surface area contributed by atoms with Gasteiger partial charge >= 0.3 is 0 Å². The van der Waals surface area contributed by atoms with Gasteiger partial charge in [-0.2, -0.15) is 4.31 Å². The van der Waals surface area contributed by atoms with Crippen molar-refractivity contribution >= 4 is 53.2 Å². The van der Waals surface area contributed by atoms with Crippen molar-refractivity contribution < 1.29 is 37.1 Å². The van der Waals surface area contributed by atoms with Crippen LogP contribution in [0.3, 0.4) is 0 Å². The van der Waals surface area contributed by atoms with Crippen LogP contribution in [0, 0.1) is 0 Å². The normalized spacial score (nSPS) is 20.4. The van der Waals surface area contributed by atoms with E-state index in [0.29, 0.717) is 19.0 Å². The summed E-state index contributed by atoms with van der Waals surface area (Å²) in [7, 11) is -3.13. The van der Waals surface area contributed by atoms with E-state index >= 15 is 0 Å². The van der Waals surface area contributed by atoms with Crippen LogP contribution in [-0.4, -0.2) is 75.4 Å². The number of aromatic nitrogens is 1. The minimum Gasteiger partial charge on any atom is -1.00 e. The van der Waals surface area contributed by atoms with Crippen LogP contribution >= 0.6 is 11.3 Å². The van der Waals surface area contributed by atoms with Crippen molar-refractivity contribution in [3.05, 3.63) is 35.9 Å². The number of anilines is 2. The molecule has 10 heteroatoms. The Bertz CT molecular complexity index is 1410. The van der Waals surface area contributed by atoms with Gasteiger partial charge in [-0.15, -0.1) is 0 Å². The van der Waals surface area contributed by atoms with Crippen molar-refractivity contribution in [2.45, 2.75) is 50.7 Å². The van der Waals surface area contributed by atoms with E-state index in [2.05, 4.69) is 54.0 Å². The molecule has 1 aromatic heterocycles. The van der Waals surface area contributed by atoms with Crippen LogP contribution in [0.4, 0.5) is 11.4 Å². The number of morpholine rings is 1. The van der Waals surface area contributed by atoms with Crippen LogP contribution in [0.2, 0.25) is 0 Å². The number of fused-ring (bicyclic) bond motifs is 2. The van der Waals surface area contributed by atoms with E-state index < -0.39 is 10.0 Å². The van der Waals surface area contributed by atoms with Crippen molar-refractivity contribution in [1.82, 2.24) is 9.29 Å². The third-order valence-corrected chi connectivity index (χ3v) is 11.6. The number of hydrogen-bond donors (Lipinski definition) is 0. The Balaban J connectivity index is 0.00000294. The zero-order valence-electron chi connectivity index (χ0n) is 22.2. The van der Waals surface area contributed by atoms with Crippen LogP contribution in [0.15, 0.2) is 30.3 Å². The van der Waals surface area contributed by atoms with Gasteiger partial charge in [-0.3, -0.25) is 0 Å². The standard InChI is InChI=1S/C28H37N4O3S2.HI/c1-3-20(2)24-17-22(30-9-4-10-32(12-11-30)37(33,34)23-6-7-23)19-27-28(24)29-25-8-5-21(18-26(25)36-27)31-13-15-35-16-14-31;/h5,8,17-20,23H,3-4,6-7,9-16H2,1-2H3;1H/q+1;/p-1. The Labute approximate surface area is 247 Å². The van der Waals surface area contributed by atoms with E-state index in [1.165, 1.54) is 26.3 Å². The van der Waals surface area contributed by atoms with Gasteiger partial charge < -0.3 is 38.5 Å². The molecule has 3 aliphatic rings. The monoisotopic (exact) mass is 668 g/mol. The smallest absolute Gasteiger partial charge is 0.259 e. The second-order valence-electron chi connectivity index (χ2n) is 10.6. The van der Waals surface area contributed by atoms with Gasteiger partial charge in [0.2, 0.25) is 21.4 Å². The minimum atomic E-state index is -3.13. The first-order valence-electron chi connectivity index (χ1n) is 13.7. The van der Waals surface area contributed by atoms with E-state index in [-0.39, 0.29) is 29.2 Å². The van der Waals surface area contributed by atoms with E-state index in [0.717, 1.165) is 76.1 Å². The van der Waals surface area contributed by atoms with Crippen molar-refractivity contribution in [3.8, 4) is 0 Å². The van der Waals surface area contributed by atoms with E-state index in [9.17, 15) is 8.42 Å². The Kier molecular flexibility index (Phi) is 8.64. The first-order valence-corrected chi connectivity index (χ1v) is 16.0. The minimum absolute atomic E-state index is 0. The Hall–Kier alpha value is -1.34. The van der Waals surface area contributed by atoms with Gasteiger partial charge in [-0.25, -0.2) is 13.4 Å². The maximum atomic E-state index is 12.9. The molecule has 1 unspecified atom stereocenters. The summed E-state index contributed by atoms with van der Waals surface area (Å²) >= 11 is 1.82. The predicted molar refractivity (Wildman–Crippen MR) is 154 cm³/mol. The Morgan fingerprint density at radius 1 is 0.974 bits per heavy atom. The number of nitrogens with zero attached hydrogens (tertiary/aromatic N) is 4. The second kappa shape index (κ2) is 11.6. The van der Waals surface area contributed by atoms with E-state index in [1.54, 1.807) is 4.31 Å². The van der Waals surface area contributed by atoms with Gasteiger partial charge in [0, 0.05) is 62.8 Å². The molecule has 38 heavy (non-hydrogen) atoms. The molecular weight excluding hydrogens is 631 g/mol. The molecule has 3 fully saturated rings. The van der Waals surface area contributed by atoms with Gasteiger partial charge in [0.05, 0.1) is 18.5 Å². The largest absolute Gasteiger partial charge is 1.00 e. The molecule has 1 aliphatic carbocycles. The van der Waals surface area contributed by atoms with Crippen molar-refractivity contribution in [3.63, 3.8) is 0 Å². The van der Waals surface area contributed by atoms with Gasteiger partial charge in [0.15, 0.2) is 0 Å². The molecule has 6 rings (SSSR count). The average Bonchev–Trinajstić information content (AvgIpc) is 3.79. The molecule has 0 bridgehead atoms. The van der Waals surface area contributed by atoms with Crippen molar-refractivity contribution in [2.75, 3.05) is 62.3 Å². The second-order valence-corrected chi connectivity index (χ2v) is 13.9. The van der Waals surface area contributed by atoms with Crippen molar-refractivity contribution in [1.29, 1.82) is 0 Å². The first kappa shape index (κ1) is 28.2. The van der Waals surface area contributed by atoms with E-state index in [1.807, 2.05) is 11.3 Å². The van der Waals surface area contributed by atoms with Crippen LogP contribution < -0.4 is 33.8 Å². The Morgan fingerprint density at radius 2 is 1.71 bits per heavy atom. The molecule has 0 amide bonds. The number of ether oxygens (including phenoxy) is 1. The molecule has 0 radical (unpaired) electrons. The number of halogens is 1. The molecule has 1 atom stereocenters. The van der Waals surface area contributed by atoms with Crippen LogP contribution in [0.5, 0.6) is 0 Å². The molecule has 2 saturated heterocycles.